The van der Waals surface area contributed by atoms with E-state index in [9.17, 15) is 4.79 Å². The van der Waals surface area contributed by atoms with Crippen LogP contribution >= 0.6 is 0 Å². The maximum atomic E-state index is 11.7. The average molecular weight is 251 g/mol. The topological polar surface area (TPSA) is 78.6 Å². The molecule has 0 heterocycles. The van der Waals surface area contributed by atoms with E-state index in [0.717, 1.165) is 0 Å². The van der Waals surface area contributed by atoms with Gasteiger partial charge in [-0.1, -0.05) is 12.1 Å². The number of hydrogen-bond donors (Lipinski definition) is 3. The Morgan fingerprint density at radius 2 is 2.17 bits per heavy atom. The fourth-order valence-electron chi connectivity index (χ4n) is 1.46. The van der Waals surface area contributed by atoms with Crippen molar-refractivity contribution in [1.82, 2.24) is 4.90 Å². The molecule has 1 atom stereocenters. The number of hydrogen-bond acceptors (Lipinski definition) is 4. The molecule has 1 rings (SSSR count). The van der Waals surface area contributed by atoms with Crippen molar-refractivity contribution in [3.05, 3.63) is 24.3 Å². The molecular formula is C13H21N3O2. The summed E-state index contributed by atoms with van der Waals surface area (Å²) in [7, 11) is 1.88. The molecule has 0 radical (unpaired) electrons. The number of aliphatic hydroxyl groups excluding tert-OH is 1. The number of nitrogen functional groups attached to an aromatic ring is 1. The molecule has 18 heavy (non-hydrogen) atoms. The second-order valence-corrected chi connectivity index (χ2v) is 4.40. The molecule has 1 unspecified atom stereocenters. The first-order chi connectivity index (χ1) is 8.54. The summed E-state index contributed by atoms with van der Waals surface area (Å²) in [4.78, 5) is 13.7. The minimum Gasteiger partial charge on any atom is -0.397 e. The van der Waals surface area contributed by atoms with Crippen LogP contribution in [0.2, 0.25) is 0 Å². The first-order valence-corrected chi connectivity index (χ1v) is 6.00. The minimum atomic E-state index is -0.0788. The van der Waals surface area contributed by atoms with Gasteiger partial charge in [-0.05, 0) is 26.1 Å². The summed E-state index contributed by atoms with van der Waals surface area (Å²) in [5, 5.41) is 11.8. The number of nitrogens with zero attached hydrogens (tertiary/aromatic N) is 1. The van der Waals surface area contributed by atoms with Gasteiger partial charge in [0, 0.05) is 19.0 Å². The van der Waals surface area contributed by atoms with Crippen molar-refractivity contribution in [1.29, 1.82) is 0 Å². The Hall–Kier alpha value is -1.59. The maximum Gasteiger partial charge on any atom is 0.225 e. The number of benzene rings is 1. The molecule has 0 aliphatic carbocycles. The molecule has 5 nitrogen and oxygen atoms in total. The fraction of sp³-hybridized carbons (Fsp3) is 0.462. The van der Waals surface area contributed by atoms with Crippen molar-refractivity contribution >= 4 is 17.3 Å². The third-order valence-corrected chi connectivity index (χ3v) is 2.94. The third-order valence-electron chi connectivity index (χ3n) is 2.94. The number of aliphatic hydroxyl groups is 1. The van der Waals surface area contributed by atoms with E-state index in [0.29, 0.717) is 24.3 Å². The average Bonchev–Trinajstić information content (AvgIpc) is 2.37. The summed E-state index contributed by atoms with van der Waals surface area (Å²) in [5.41, 5.74) is 6.93. The molecular weight excluding hydrogens is 230 g/mol. The smallest absolute Gasteiger partial charge is 0.225 e. The van der Waals surface area contributed by atoms with Gasteiger partial charge in [0.1, 0.15) is 0 Å². The van der Waals surface area contributed by atoms with Crippen molar-refractivity contribution in [2.24, 2.45) is 0 Å². The van der Waals surface area contributed by atoms with Crippen LogP contribution in [0.1, 0.15) is 13.3 Å². The lowest BCUT2D eigenvalue weighted by molar-refractivity contribution is -0.116. The minimum absolute atomic E-state index is 0.0552. The summed E-state index contributed by atoms with van der Waals surface area (Å²) in [5.74, 6) is -0.0788. The van der Waals surface area contributed by atoms with E-state index < -0.39 is 0 Å². The zero-order chi connectivity index (χ0) is 13.5. The van der Waals surface area contributed by atoms with Crippen LogP contribution in [0.4, 0.5) is 11.4 Å². The van der Waals surface area contributed by atoms with Gasteiger partial charge in [0.05, 0.1) is 18.0 Å². The monoisotopic (exact) mass is 251 g/mol. The molecule has 0 aliphatic heterocycles. The van der Waals surface area contributed by atoms with E-state index >= 15 is 0 Å². The number of likely N-dealkylation sites (N-methyl/N-ethyl adjacent to an activating group) is 1. The van der Waals surface area contributed by atoms with Gasteiger partial charge in [-0.25, -0.2) is 0 Å². The van der Waals surface area contributed by atoms with E-state index in [1.165, 1.54) is 0 Å². The first-order valence-electron chi connectivity index (χ1n) is 6.00. The zero-order valence-corrected chi connectivity index (χ0v) is 10.9. The molecule has 0 bridgehead atoms. The van der Waals surface area contributed by atoms with Crippen LogP contribution in [0.5, 0.6) is 0 Å². The Labute approximate surface area is 108 Å². The second kappa shape index (κ2) is 6.98. The number of nitrogens with one attached hydrogen (secondary N) is 1. The normalized spacial score (nSPS) is 12.4. The molecule has 0 saturated carbocycles. The number of nitrogens with two attached hydrogens (primary N) is 1. The largest absolute Gasteiger partial charge is 0.397 e. The van der Waals surface area contributed by atoms with E-state index in [4.69, 9.17) is 10.8 Å². The molecule has 0 aliphatic rings. The van der Waals surface area contributed by atoms with Gasteiger partial charge in [-0.3, -0.25) is 4.79 Å². The van der Waals surface area contributed by atoms with Crippen LogP contribution in [0.15, 0.2) is 24.3 Å². The number of rotatable bonds is 6. The van der Waals surface area contributed by atoms with Crippen molar-refractivity contribution in [3.8, 4) is 0 Å². The molecule has 0 spiro atoms. The van der Waals surface area contributed by atoms with E-state index in [-0.39, 0.29) is 18.6 Å². The molecule has 0 fully saturated rings. The van der Waals surface area contributed by atoms with Gasteiger partial charge in [-0.2, -0.15) is 0 Å². The number of amides is 1. The van der Waals surface area contributed by atoms with E-state index in [1.807, 2.05) is 31.0 Å². The quantitative estimate of drug-likeness (QED) is 0.657. The third kappa shape index (κ3) is 4.35. The zero-order valence-electron chi connectivity index (χ0n) is 10.9. The van der Waals surface area contributed by atoms with E-state index in [2.05, 4.69) is 5.32 Å². The fourth-order valence-corrected chi connectivity index (χ4v) is 1.46. The number of anilines is 2. The van der Waals surface area contributed by atoms with Crippen LogP contribution in [0.25, 0.3) is 0 Å². The van der Waals surface area contributed by atoms with Gasteiger partial charge in [-0.15, -0.1) is 0 Å². The molecule has 5 heteroatoms. The molecule has 1 amide bonds. The Balaban J connectivity index is 2.41. The number of carbonyl (C=O) groups excluding carboxylic acids is 1. The highest BCUT2D eigenvalue weighted by atomic mass is 16.3. The lowest BCUT2D eigenvalue weighted by Crippen LogP contribution is -2.34. The van der Waals surface area contributed by atoms with Gasteiger partial charge in [0.2, 0.25) is 5.91 Å². The Morgan fingerprint density at radius 1 is 1.50 bits per heavy atom. The summed E-state index contributed by atoms with van der Waals surface area (Å²) >= 11 is 0. The Morgan fingerprint density at radius 3 is 2.78 bits per heavy atom. The van der Waals surface area contributed by atoms with Gasteiger partial charge in [0.25, 0.3) is 0 Å². The Bertz CT molecular complexity index is 396. The van der Waals surface area contributed by atoms with Gasteiger partial charge < -0.3 is 21.1 Å². The Kier molecular flexibility index (Phi) is 5.61. The highest BCUT2D eigenvalue weighted by Crippen LogP contribution is 2.16. The van der Waals surface area contributed by atoms with Crippen LogP contribution in [-0.4, -0.2) is 42.2 Å². The van der Waals surface area contributed by atoms with Crippen molar-refractivity contribution in [3.63, 3.8) is 0 Å². The maximum absolute atomic E-state index is 11.7. The molecule has 0 saturated heterocycles. The number of para-hydroxylation sites is 2. The highest BCUT2D eigenvalue weighted by Gasteiger charge is 2.10. The SMILES string of the molecule is CC(CO)N(C)CCC(=O)Nc1ccccc1N. The summed E-state index contributed by atoms with van der Waals surface area (Å²) in [6.07, 6.45) is 0.370. The van der Waals surface area contributed by atoms with Crippen LogP contribution in [0.3, 0.4) is 0 Å². The van der Waals surface area contributed by atoms with Gasteiger partial charge >= 0.3 is 0 Å². The summed E-state index contributed by atoms with van der Waals surface area (Å²) in [6.45, 7) is 2.59. The lowest BCUT2D eigenvalue weighted by atomic mass is 10.2. The molecule has 1 aromatic carbocycles. The second-order valence-electron chi connectivity index (χ2n) is 4.40. The lowest BCUT2D eigenvalue weighted by Gasteiger charge is -2.22. The van der Waals surface area contributed by atoms with Crippen LogP contribution in [0, 0.1) is 0 Å². The van der Waals surface area contributed by atoms with Crippen molar-refractivity contribution in [2.75, 3.05) is 31.2 Å². The van der Waals surface area contributed by atoms with Gasteiger partial charge in [0.15, 0.2) is 0 Å². The van der Waals surface area contributed by atoms with E-state index in [1.54, 1.807) is 12.1 Å². The van der Waals surface area contributed by atoms with Crippen LogP contribution in [-0.2, 0) is 4.79 Å². The molecule has 0 aromatic heterocycles. The first kappa shape index (κ1) is 14.5. The predicted molar refractivity (Wildman–Crippen MR) is 73.3 cm³/mol. The molecule has 100 valence electrons. The predicted octanol–water partition coefficient (Wildman–Crippen LogP) is 0.910. The van der Waals surface area contributed by atoms with Crippen LogP contribution < -0.4 is 11.1 Å². The number of carbonyl (C=O) groups is 1. The van der Waals surface area contributed by atoms with Crippen molar-refractivity contribution < 1.29 is 9.90 Å². The molecule has 4 N–H and O–H groups in total. The highest BCUT2D eigenvalue weighted by molar-refractivity contribution is 5.93. The van der Waals surface area contributed by atoms with Crippen molar-refractivity contribution in [2.45, 2.75) is 19.4 Å². The summed E-state index contributed by atoms with van der Waals surface area (Å²) < 4.78 is 0. The summed E-state index contributed by atoms with van der Waals surface area (Å²) in [6, 6.07) is 7.22. The standard InChI is InChI=1S/C13H21N3O2/c1-10(9-17)16(2)8-7-13(18)15-12-6-4-3-5-11(12)14/h3-6,10,17H,7-9,14H2,1-2H3,(H,15,18). The molecule has 1 aromatic rings.